The first-order valence-corrected chi connectivity index (χ1v) is 8.04. The van der Waals surface area contributed by atoms with Crippen molar-refractivity contribution in [3.63, 3.8) is 0 Å². The summed E-state index contributed by atoms with van der Waals surface area (Å²) in [5.74, 6) is 0.379. The summed E-state index contributed by atoms with van der Waals surface area (Å²) >= 11 is 3.35. The maximum Gasteiger partial charge on any atom is 0.256 e. The molecular weight excluding hydrogens is 354 g/mol. The lowest BCUT2D eigenvalue weighted by atomic mass is 10.1. The molecular formula is C18H16BrN3O. The zero-order chi connectivity index (χ0) is 16.2. The summed E-state index contributed by atoms with van der Waals surface area (Å²) in [5, 5.41) is 2.81. The summed E-state index contributed by atoms with van der Waals surface area (Å²) < 4.78 is 2.89. The Hall–Kier alpha value is -2.40. The van der Waals surface area contributed by atoms with Gasteiger partial charge in [-0.25, -0.2) is 4.98 Å². The molecule has 0 saturated heterocycles. The first kappa shape index (κ1) is 15.5. The number of carbonyl (C=O) groups excluding carboxylic acids is 1. The van der Waals surface area contributed by atoms with Crippen LogP contribution in [0.3, 0.4) is 0 Å². The van der Waals surface area contributed by atoms with E-state index in [4.69, 9.17) is 0 Å². The van der Waals surface area contributed by atoms with Gasteiger partial charge in [-0.05, 0) is 36.8 Å². The number of anilines is 1. The van der Waals surface area contributed by atoms with Crippen LogP contribution in [0.5, 0.6) is 0 Å². The molecule has 3 rings (SSSR count). The minimum absolute atomic E-state index is 0.168. The largest absolute Gasteiger partial charge is 0.331 e. The Morgan fingerprint density at radius 3 is 2.74 bits per heavy atom. The van der Waals surface area contributed by atoms with Crippen LogP contribution in [-0.4, -0.2) is 15.5 Å². The molecule has 1 amide bonds. The van der Waals surface area contributed by atoms with Crippen molar-refractivity contribution in [2.24, 2.45) is 0 Å². The standard InChI is InChI=1S/C18H16BrN3O/c1-13-3-2-4-14(9-13)10-22-11-17(20-12-22)21-18(23)15-5-7-16(19)8-6-15/h2-9,11-12H,10H2,1H3,(H,21,23). The summed E-state index contributed by atoms with van der Waals surface area (Å²) in [7, 11) is 0. The van der Waals surface area contributed by atoms with E-state index < -0.39 is 0 Å². The van der Waals surface area contributed by atoms with Crippen LogP contribution in [0.25, 0.3) is 0 Å². The van der Waals surface area contributed by atoms with Gasteiger partial charge in [-0.1, -0.05) is 45.8 Å². The molecule has 2 aromatic carbocycles. The van der Waals surface area contributed by atoms with E-state index in [-0.39, 0.29) is 5.91 Å². The van der Waals surface area contributed by atoms with Gasteiger partial charge in [-0.15, -0.1) is 0 Å². The maximum atomic E-state index is 12.2. The monoisotopic (exact) mass is 369 g/mol. The number of rotatable bonds is 4. The number of amides is 1. The summed E-state index contributed by atoms with van der Waals surface area (Å²) in [4.78, 5) is 16.4. The molecule has 23 heavy (non-hydrogen) atoms. The normalized spacial score (nSPS) is 10.5. The quantitative estimate of drug-likeness (QED) is 0.746. The van der Waals surface area contributed by atoms with E-state index in [1.165, 1.54) is 11.1 Å². The van der Waals surface area contributed by atoms with Crippen LogP contribution in [0.4, 0.5) is 5.82 Å². The minimum Gasteiger partial charge on any atom is -0.331 e. The van der Waals surface area contributed by atoms with Crippen molar-refractivity contribution in [3.8, 4) is 0 Å². The van der Waals surface area contributed by atoms with E-state index in [9.17, 15) is 4.79 Å². The van der Waals surface area contributed by atoms with E-state index in [0.29, 0.717) is 11.4 Å². The molecule has 3 aromatic rings. The van der Waals surface area contributed by atoms with Crippen molar-refractivity contribution >= 4 is 27.7 Å². The van der Waals surface area contributed by atoms with Crippen LogP contribution in [-0.2, 0) is 6.54 Å². The van der Waals surface area contributed by atoms with Crippen molar-refractivity contribution in [2.45, 2.75) is 13.5 Å². The molecule has 1 N–H and O–H groups in total. The van der Waals surface area contributed by atoms with Gasteiger partial charge in [-0.2, -0.15) is 0 Å². The van der Waals surface area contributed by atoms with Gasteiger partial charge in [0.25, 0.3) is 5.91 Å². The fraction of sp³-hybridized carbons (Fsp3) is 0.111. The molecule has 0 fully saturated rings. The zero-order valence-electron chi connectivity index (χ0n) is 12.7. The topological polar surface area (TPSA) is 46.9 Å². The third-order valence-electron chi connectivity index (χ3n) is 3.43. The lowest BCUT2D eigenvalue weighted by Crippen LogP contribution is -2.11. The Kier molecular flexibility index (Phi) is 4.57. The number of carbonyl (C=O) groups is 1. The van der Waals surface area contributed by atoms with E-state index in [1.54, 1.807) is 18.5 Å². The van der Waals surface area contributed by atoms with Gasteiger partial charge in [0.05, 0.1) is 6.33 Å². The maximum absolute atomic E-state index is 12.2. The lowest BCUT2D eigenvalue weighted by molar-refractivity contribution is 0.102. The third-order valence-corrected chi connectivity index (χ3v) is 3.96. The Morgan fingerprint density at radius 2 is 2.00 bits per heavy atom. The molecule has 0 radical (unpaired) electrons. The molecule has 0 atom stereocenters. The smallest absolute Gasteiger partial charge is 0.256 e. The highest BCUT2D eigenvalue weighted by Gasteiger charge is 2.08. The number of hydrogen-bond donors (Lipinski definition) is 1. The van der Waals surface area contributed by atoms with Crippen molar-refractivity contribution in [1.82, 2.24) is 9.55 Å². The lowest BCUT2D eigenvalue weighted by Gasteiger charge is -2.04. The van der Waals surface area contributed by atoms with Gasteiger partial charge in [-0.3, -0.25) is 4.79 Å². The molecule has 0 unspecified atom stereocenters. The predicted octanol–water partition coefficient (Wildman–Crippen LogP) is 4.25. The fourth-order valence-corrected chi connectivity index (χ4v) is 2.59. The highest BCUT2D eigenvalue weighted by atomic mass is 79.9. The average molecular weight is 370 g/mol. The number of imidazole rings is 1. The molecule has 4 nitrogen and oxygen atoms in total. The number of benzene rings is 2. The summed E-state index contributed by atoms with van der Waals surface area (Å²) in [5.41, 5.74) is 3.03. The molecule has 0 aliphatic carbocycles. The Balaban J connectivity index is 1.67. The Bertz CT molecular complexity index is 824. The van der Waals surface area contributed by atoms with Gasteiger partial charge in [0, 0.05) is 22.8 Å². The number of nitrogens with one attached hydrogen (secondary N) is 1. The molecule has 1 aromatic heterocycles. The van der Waals surface area contributed by atoms with E-state index >= 15 is 0 Å². The molecule has 0 aliphatic heterocycles. The summed E-state index contributed by atoms with van der Waals surface area (Å²) in [6.07, 6.45) is 3.55. The Morgan fingerprint density at radius 1 is 1.22 bits per heavy atom. The van der Waals surface area contributed by atoms with Crippen LogP contribution >= 0.6 is 15.9 Å². The van der Waals surface area contributed by atoms with Crippen molar-refractivity contribution < 1.29 is 4.79 Å². The van der Waals surface area contributed by atoms with Crippen molar-refractivity contribution in [3.05, 3.63) is 82.2 Å². The van der Waals surface area contributed by atoms with Crippen LogP contribution in [0.1, 0.15) is 21.5 Å². The van der Waals surface area contributed by atoms with E-state index in [1.807, 2.05) is 29.0 Å². The molecule has 116 valence electrons. The van der Waals surface area contributed by atoms with Gasteiger partial charge < -0.3 is 9.88 Å². The fourth-order valence-electron chi connectivity index (χ4n) is 2.32. The number of aryl methyl sites for hydroxylation is 1. The van der Waals surface area contributed by atoms with Crippen LogP contribution in [0, 0.1) is 6.92 Å². The molecule has 5 heteroatoms. The SMILES string of the molecule is Cc1cccc(Cn2cnc(NC(=O)c3ccc(Br)cc3)c2)c1. The van der Waals surface area contributed by atoms with Crippen molar-refractivity contribution in [1.29, 1.82) is 0 Å². The number of aromatic nitrogens is 2. The predicted molar refractivity (Wildman–Crippen MR) is 94.6 cm³/mol. The summed E-state index contributed by atoms with van der Waals surface area (Å²) in [6.45, 7) is 2.80. The van der Waals surface area contributed by atoms with E-state index in [0.717, 1.165) is 11.0 Å². The molecule has 1 heterocycles. The van der Waals surface area contributed by atoms with Gasteiger partial charge >= 0.3 is 0 Å². The second kappa shape index (κ2) is 6.79. The minimum atomic E-state index is -0.168. The highest BCUT2D eigenvalue weighted by molar-refractivity contribution is 9.10. The van der Waals surface area contributed by atoms with Crippen LogP contribution < -0.4 is 5.32 Å². The van der Waals surface area contributed by atoms with Gasteiger partial charge in [0.1, 0.15) is 0 Å². The molecule has 0 bridgehead atoms. The number of halogens is 1. The summed E-state index contributed by atoms with van der Waals surface area (Å²) in [6, 6.07) is 15.5. The van der Waals surface area contributed by atoms with Crippen LogP contribution in [0.15, 0.2) is 65.5 Å². The average Bonchev–Trinajstić information content (AvgIpc) is 2.95. The number of nitrogens with zero attached hydrogens (tertiary/aromatic N) is 2. The zero-order valence-corrected chi connectivity index (χ0v) is 14.2. The molecule has 0 spiro atoms. The molecule has 0 aliphatic rings. The number of hydrogen-bond acceptors (Lipinski definition) is 2. The first-order valence-electron chi connectivity index (χ1n) is 7.24. The third kappa shape index (κ3) is 4.07. The van der Waals surface area contributed by atoms with Crippen molar-refractivity contribution in [2.75, 3.05) is 5.32 Å². The Labute approximate surface area is 143 Å². The molecule has 0 saturated carbocycles. The second-order valence-electron chi connectivity index (χ2n) is 5.38. The van der Waals surface area contributed by atoms with E-state index in [2.05, 4.69) is 51.4 Å². The second-order valence-corrected chi connectivity index (χ2v) is 6.30. The highest BCUT2D eigenvalue weighted by Crippen LogP contribution is 2.13. The van der Waals surface area contributed by atoms with Gasteiger partial charge in [0.15, 0.2) is 5.82 Å². The van der Waals surface area contributed by atoms with Crippen LogP contribution in [0.2, 0.25) is 0 Å². The van der Waals surface area contributed by atoms with Gasteiger partial charge in [0.2, 0.25) is 0 Å². The first-order chi connectivity index (χ1) is 11.1.